The van der Waals surface area contributed by atoms with Gasteiger partial charge in [0.2, 0.25) is 0 Å². The SMILES string of the molecule is CCC1CCC(C)N1C(CC(=O)O)c1ccccc1. The number of nitrogens with zero attached hydrogens (tertiary/aromatic N) is 1. The fourth-order valence-corrected chi connectivity index (χ4v) is 3.30. The molecule has 0 bridgehead atoms. The number of hydrogen-bond acceptors (Lipinski definition) is 2. The molecule has 3 nitrogen and oxygen atoms in total. The van der Waals surface area contributed by atoms with Crippen LogP contribution in [0, 0.1) is 0 Å². The number of carbonyl (C=O) groups is 1. The number of aliphatic carboxylic acids is 1. The number of likely N-dealkylation sites (tertiary alicyclic amines) is 1. The Bertz CT molecular complexity index is 418. The second kappa shape index (κ2) is 6.20. The molecule has 19 heavy (non-hydrogen) atoms. The molecule has 1 saturated heterocycles. The van der Waals surface area contributed by atoms with Gasteiger partial charge in [-0.25, -0.2) is 0 Å². The summed E-state index contributed by atoms with van der Waals surface area (Å²) in [6.07, 6.45) is 3.63. The molecule has 0 spiro atoms. The van der Waals surface area contributed by atoms with Crippen molar-refractivity contribution < 1.29 is 9.90 Å². The van der Waals surface area contributed by atoms with Crippen LogP contribution in [0.15, 0.2) is 30.3 Å². The summed E-state index contributed by atoms with van der Waals surface area (Å²) in [5.41, 5.74) is 1.12. The molecule has 0 aromatic heterocycles. The molecule has 0 radical (unpaired) electrons. The van der Waals surface area contributed by atoms with Crippen LogP contribution in [0.5, 0.6) is 0 Å². The van der Waals surface area contributed by atoms with Gasteiger partial charge in [0, 0.05) is 18.1 Å². The molecule has 0 saturated carbocycles. The molecule has 1 aromatic carbocycles. The van der Waals surface area contributed by atoms with Crippen LogP contribution in [0.1, 0.15) is 51.1 Å². The molecule has 3 unspecified atom stereocenters. The molecule has 1 N–H and O–H groups in total. The third kappa shape index (κ3) is 3.16. The van der Waals surface area contributed by atoms with Crippen molar-refractivity contribution >= 4 is 5.97 Å². The van der Waals surface area contributed by atoms with E-state index in [2.05, 4.69) is 18.7 Å². The lowest BCUT2D eigenvalue weighted by atomic mass is 9.99. The second-order valence-electron chi connectivity index (χ2n) is 5.46. The molecule has 0 aliphatic carbocycles. The second-order valence-corrected chi connectivity index (χ2v) is 5.46. The topological polar surface area (TPSA) is 40.5 Å². The van der Waals surface area contributed by atoms with Crippen LogP contribution >= 0.6 is 0 Å². The smallest absolute Gasteiger partial charge is 0.305 e. The Morgan fingerprint density at radius 2 is 2.05 bits per heavy atom. The maximum absolute atomic E-state index is 11.2. The maximum Gasteiger partial charge on any atom is 0.305 e. The summed E-state index contributed by atoms with van der Waals surface area (Å²) in [4.78, 5) is 13.6. The van der Waals surface area contributed by atoms with Crippen molar-refractivity contribution in [2.24, 2.45) is 0 Å². The van der Waals surface area contributed by atoms with E-state index < -0.39 is 5.97 Å². The minimum Gasteiger partial charge on any atom is -0.481 e. The molecular weight excluding hydrogens is 238 g/mol. The van der Waals surface area contributed by atoms with Gasteiger partial charge in [-0.15, -0.1) is 0 Å². The van der Waals surface area contributed by atoms with E-state index in [4.69, 9.17) is 0 Å². The molecule has 3 atom stereocenters. The Kier molecular flexibility index (Phi) is 4.59. The highest BCUT2D eigenvalue weighted by Crippen LogP contribution is 2.36. The predicted molar refractivity (Wildman–Crippen MR) is 76.0 cm³/mol. The van der Waals surface area contributed by atoms with E-state index in [1.807, 2.05) is 30.3 Å². The summed E-state index contributed by atoms with van der Waals surface area (Å²) < 4.78 is 0. The van der Waals surface area contributed by atoms with Crippen LogP contribution in [-0.2, 0) is 4.79 Å². The first-order valence-corrected chi connectivity index (χ1v) is 7.17. The molecule has 1 heterocycles. The van der Waals surface area contributed by atoms with Gasteiger partial charge in [0.1, 0.15) is 0 Å². The third-order valence-corrected chi connectivity index (χ3v) is 4.23. The Balaban J connectivity index is 2.29. The Morgan fingerprint density at radius 3 is 2.63 bits per heavy atom. The highest BCUT2D eigenvalue weighted by atomic mass is 16.4. The summed E-state index contributed by atoms with van der Waals surface area (Å²) in [6, 6.07) is 11.0. The van der Waals surface area contributed by atoms with E-state index in [9.17, 15) is 9.90 Å². The monoisotopic (exact) mass is 261 g/mol. The van der Waals surface area contributed by atoms with E-state index in [0.29, 0.717) is 12.1 Å². The van der Waals surface area contributed by atoms with E-state index in [-0.39, 0.29) is 12.5 Å². The van der Waals surface area contributed by atoms with Crippen LogP contribution in [0.2, 0.25) is 0 Å². The summed E-state index contributed by atoms with van der Waals surface area (Å²) in [5.74, 6) is -0.720. The zero-order valence-corrected chi connectivity index (χ0v) is 11.7. The molecule has 3 heteroatoms. The molecular formula is C16H23NO2. The van der Waals surface area contributed by atoms with E-state index in [0.717, 1.165) is 12.0 Å². The van der Waals surface area contributed by atoms with Gasteiger partial charge in [-0.3, -0.25) is 9.69 Å². The summed E-state index contributed by atoms with van der Waals surface area (Å²) >= 11 is 0. The van der Waals surface area contributed by atoms with E-state index >= 15 is 0 Å². The van der Waals surface area contributed by atoms with E-state index in [1.165, 1.54) is 12.8 Å². The fraction of sp³-hybridized carbons (Fsp3) is 0.562. The van der Waals surface area contributed by atoms with Crippen molar-refractivity contribution in [3.05, 3.63) is 35.9 Å². The summed E-state index contributed by atoms with van der Waals surface area (Å²) in [7, 11) is 0. The van der Waals surface area contributed by atoms with Crippen molar-refractivity contribution in [1.29, 1.82) is 0 Å². The van der Waals surface area contributed by atoms with Gasteiger partial charge in [-0.05, 0) is 31.7 Å². The molecule has 1 aliphatic rings. The predicted octanol–water partition coefficient (Wildman–Crippen LogP) is 3.47. The molecule has 0 amide bonds. The standard InChI is InChI=1S/C16H23NO2/c1-3-14-10-9-12(2)17(14)15(11-16(18)19)13-7-5-4-6-8-13/h4-8,12,14-15H,3,9-11H2,1-2H3,(H,18,19). The average molecular weight is 261 g/mol. The van der Waals surface area contributed by atoms with Gasteiger partial charge in [0.15, 0.2) is 0 Å². The van der Waals surface area contributed by atoms with Gasteiger partial charge in [0.25, 0.3) is 0 Å². The lowest BCUT2D eigenvalue weighted by Gasteiger charge is -2.35. The zero-order chi connectivity index (χ0) is 13.8. The molecule has 104 valence electrons. The van der Waals surface area contributed by atoms with Crippen LogP contribution < -0.4 is 0 Å². The first-order valence-electron chi connectivity index (χ1n) is 7.17. The Labute approximate surface area is 115 Å². The largest absolute Gasteiger partial charge is 0.481 e. The van der Waals surface area contributed by atoms with Crippen LogP contribution in [-0.4, -0.2) is 28.1 Å². The summed E-state index contributed by atoms with van der Waals surface area (Å²) in [6.45, 7) is 4.41. The van der Waals surface area contributed by atoms with Crippen LogP contribution in [0.25, 0.3) is 0 Å². The minimum atomic E-state index is -0.720. The van der Waals surface area contributed by atoms with Gasteiger partial charge in [-0.2, -0.15) is 0 Å². The van der Waals surface area contributed by atoms with Crippen molar-refractivity contribution in [2.75, 3.05) is 0 Å². The van der Waals surface area contributed by atoms with Crippen LogP contribution in [0.3, 0.4) is 0 Å². The average Bonchev–Trinajstić information content (AvgIpc) is 2.78. The lowest BCUT2D eigenvalue weighted by Crippen LogP contribution is -2.38. The van der Waals surface area contributed by atoms with Gasteiger partial charge in [-0.1, -0.05) is 37.3 Å². The number of benzene rings is 1. The summed E-state index contributed by atoms with van der Waals surface area (Å²) in [5, 5.41) is 9.22. The normalized spacial score (nSPS) is 25.4. The first-order chi connectivity index (χ1) is 9.13. The Morgan fingerprint density at radius 1 is 1.37 bits per heavy atom. The highest BCUT2D eigenvalue weighted by Gasteiger charge is 2.36. The van der Waals surface area contributed by atoms with Crippen molar-refractivity contribution in [3.8, 4) is 0 Å². The first kappa shape index (κ1) is 14.1. The molecule has 2 rings (SSSR count). The van der Waals surface area contributed by atoms with Gasteiger partial charge in [0.05, 0.1) is 6.42 Å². The third-order valence-electron chi connectivity index (χ3n) is 4.23. The van der Waals surface area contributed by atoms with Gasteiger partial charge < -0.3 is 5.11 Å². The molecule has 1 aliphatic heterocycles. The highest BCUT2D eigenvalue weighted by molar-refractivity contribution is 5.68. The number of rotatable bonds is 5. The zero-order valence-electron chi connectivity index (χ0n) is 11.7. The van der Waals surface area contributed by atoms with Crippen molar-refractivity contribution in [2.45, 2.75) is 57.7 Å². The fourth-order valence-electron chi connectivity index (χ4n) is 3.30. The van der Waals surface area contributed by atoms with E-state index in [1.54, 1.807) is 0 Å². The Hall–Kier alpha value is -1.35. The van der Waals surface area contributed by atoms with Crippen LogP contribution in [0.4, 0.5) is 0 Å². The lowest BCUT2D eigenvalue weighted by molar-refractivity contribution is -0.138. The number of carboxylic acids is 1. The number of carboxylic acid groups (broad SMARTS) is 1. The molecule has 1 aromatic rings. The van der Waals surface area contributed by atoms with Crippen molar-refractivity contribution in [1.82, 2.24) is 4.90 Å². The maximum atomic E-state index is 11.2. The molecule has 1 fully saturated rings. The minimum absolute atomic E-state index is 0.00106. The van der Waals surface area contributed by atoms with Crippen molar-refractivity contribution in [3.63, 3.8) is 0 Å². The number of hydrogen-bond donors (Lipinski definition) is 1. The quantitative estimate of drug-likeness (QED) is 0.882. The van der Waals surface area contributed by atoms with Gasteiger partial charge >= 0.3 is 5.97 Å².